The molecule has 1 aliphatic rings. The van der Waals surface area contributed by atoms with Crippen LogP contribution in [0.4, 0.5) is 0 Å². The van der Waals surface area contributed by atoms with E-state index in [0.29, 0.717) is 0 Å². The van der Waals surface area contributed by atoms with Crippen LogP contribution in [0, 0.1) is 11.3 Å². The molecule has 68 valence electrons. The second kappa shape index (κ2) is 2.92. The van der Waals surface area contributed by atoms with E-state index >= 15 is 0 Å². The first-order chi connectivity index (χ1) is 6.62. The van der Waals surface area contributed by atoms with E-state index in [-0.39, 0.29) is 5.70 Å². The molecular weight excluding hydrogens is 150 g/mol. The van der Waals surface area contributed by atoms with Crippen molar-refractivity contribution >= 4 is 5.91 Å². The van der Waals surface area contributed by atoms with Gasteiger partial charge in [-0.2, -0.15) is 0 Å². The molecule has 0 aromatic rings. The van der Waals surface area contributed by atoms with Gasteiger partial charge in [-0.3, -0.25) is 4.79 Å². The maximum Gasteiger partial charge on any atom is 0.227 e. The molecule has 0 aromatic carbocycles. The minimum absolute atomic E-state index is 0.215. The summed E-state index contributed by atoms with van der Waals surface area (Å²) in [4.78, 5) is 11.8. The van der Waals surface area contributed by atoms with Crippen LogP contribution in [0.25, 0.3) is 0 Å². The smallest absolute Gasteiger partial charge is 0.227 e. The second-order valence-electron chi connectivity index (χ2n) is 3.98. The van der Waals surface area contributed by atoms with E-state index in [1.54, 1.807) is 20.8 Å². The minimum atomic E-state index is -1.60. The molecule has 0 bridgehead atoms. The van der Waals surface area contributed by atoms with E-state index in [9.17, 15) is 4.79 Å². The van der Waals surface area contributed by atoms with Crippen LogP contribution in [0.5, 0.6) is 0 Å². The van der Waals surface area contributed by atoms with Gasteiger partial charge in [-0.15, -0.1) is 0 Å². The molecule has 2 heteroatoms. The largest absolute Gasteiger partial charge is 0.330 e. The summed E-state index contributed by atoms with van der Waals surface area (Å²) in [6.07, 6.45) is -2.03. The van der Waals surface area contributed by atoms with Crippen molar-refractivity contribution in [3.8, 4) is 0 Å². The normalized spacial score (nSPS) is 47.4. The number of hydrogen-bond acceptors (Lipinski definition) is 1. The molecule has 12 heavy (non-hydrogen) atoms. The van der Waals surface area contributed by atoms with Crippen LogP contribution in [0.15, 0.2) is 12.3 Å². The third-order valence-corrected chi connectivity index (χ3v) is 1.78. The molecule has 1 N–H and O–H groups in total. The molecule has 0 aromatic heterocycles. The van der Waals surface area contributed by atoms with Crippen molar-refractivity contribution in [3.63, 3.8) is 0 Å². The molecule has 3 atom stereocenters. The summed E-state index contributed by atoms with van der Waals surface area (Å²) in [5, 5.41) is 2.43. The fourth-order valence-corrected chi connectivity index (χ4v) is 1.11. The quantitative estimate of drug-likeness (QED) is 0.592. The van der Waals surface area contributed by atoms with Crippen LogP contribution in [0.2, 0.25) is 0 Å². The predicted octanol–water partition coefficient (Wildman–Crippen LogP) is 2.07. The van der Waals surface area contributed by atoms with Gasteiger partial charge in [0, 0.05) is 15.7 Å². The Hall–Kier alpha value is -0.790. The molecule has 1 aliphatic heterocycles. The highest BCUT2D eigenvalue weighted by Gasteiger charge is 2.33. The van der Waals surface area contributed by atoms with Crippen molar-refractivity contribution in [1.29, 1.82) is 0 Å². The Kier molecular flexibility index (Phi) is 1.41. The lowest BCUT2D eigenvalue weighted by Gasteiger charge is -2.33. The van der Waals surface area contributed by atoms with Crippen LogP contribution < -0.4 is 5.32 Å². The van der Waals surface area contributed by atoms with Gasteiger partial charge >= 0.3 is 0 Å². The molecule has 1 heterocycles. The number of allylic oxidation sites excluding steroid dienone is 1. The summed E-state index contributed by atoms with van der Waals surface area (Å²) in [5.74, 6) is -2.12. The highest BCUT2D eigenvalue weighted by atomic mass is 16.2. The number of carbonyl (C=O) groups excluding carboxylic acids is 1. The van der Waals surface area contributed by atoms with Gasteiger partial charge in [0.15, 0.2) is 0 Å². The average molecular weight is 170 g/mol. The summed E-state index contributed by atoms with van der Waals surface area (Å²) >= 11 is 0. The van der Waals surface area contributed by atoms with Crippen LogP contribution in [-0.4, -0.2) is 5.91 Å². The van der Waals surface area contributed by atoms with E-state index in [0.717, 1.165) is 0 Å². The van der Waals surface area contributed by atoms with E-state index in [2.05, 4.69) is 11.9 Å². The monoisotopic (exact) mass is 170 g/mol. The van der Waals surface area contributed by atoms with E-state index < -0.39 is 30.0 Å². The summed E-state index contributed by atoms with van der Waals surface area (Å²) in [5.41, 5.74) is -0.462. The topological polar surface area (TPSA) is 29.1 Å². The molecule has 0 spiro atoms. The Balaban J connectivity index is 3.18. The van der Waals surface area contributed by atoms with E-state index in [1.807, 2.05) is 0 Å². The van der Waals surface area contributed by atoms with Crippen LogP contribution >= 0.6 is 0 Å². The first-order valence-corrected chi connectivity index (χ1v) is 3.97. The zero-order valence-corrected chi connectivity index (χ0v) is 7.77. The van der Waals surface area contributed by atoms with E-state index in [1.165, 1.54) is 0 Å². The Morgan fingerprint density at radius 2 is 2.33 bits per heavy atom. The van der Waals surface area contributed by atoms with Crippen molar-refractivity contribution in [2.45, 2.75) is 33.6 Å². The molecule has 1 saturated heterocycles. The summed E-state index contributed by atoms with van der Waals surface area (Å²) in [6, 6.07) is 0. The Morgan fingerprint density at radius 3 is 2.83 bits per heavy atom. The van der Waals surface area contributed by atoms with Gasteiger partial charge in [-0.05, 0) is 18.2 Å². The second-order valence-corrected chi connectivity index (χ2v) is 3.98. The maximum atomic E-state index is 11.8. The third kappa shape index (κ3) is 1.87. The molecule has 1 rings (SSSR count). The van der Waals surface area contributed by atoms with Crippen molar-refractivity contribution in [2.24, 2.45) is 11.3 Å². The first-order valence-electron chi connectivity index (χ1n) is 5.62. The highest BCUT2D eigenvalue weighted by Crippen LogP contribution is 2.33. The van der Waals surface area contributed by atoms with Crippen molar-refractivity contribution < 1.29 is 8.91 Å². The first kappa shape index (κ1) is 5.79. The number of carbonyl (C=O) groups is 1. The standard InChI is InChI=1S/C10H17NO/c1-7-5-6-8(9(12)11-7)10(2,3)4/h8H,1,5-6H2,2-4H3,(H,11,12)/i5D,6D,8D. The number of rotatable bonds is 0. The fraction of sp³-hybridized carbons (Fsp3) is 0.700. The Morgan fingerprint density at radius 1 is 1.75 bits per heavy atom. The lowest BCUT2D eigenvalue weighted by Crippen LogP contribution is -2.41. The van der Waals surface area contributed by atoms with Crippen LogP contribution in [0.1, 0.15) is 37.7 Å². The molecule has 0 radical (unpaired) electrons. The number of amides is 1. The van der Waals surface area contributed by atoms with Gasteiger partial charge in [0.1, 0.15) is 0 Å². The zero-order chi connectivity index (χ0) is 12.0. The lowest BCUT2D eigenvalue weighted by atomic mass is 9.76. The number of hydrogen-bond donors (Lipinski definition) is 1. The average Bonchev–Trinajstić information content (AvgIpc) is 2.09. The van der Waals surface area contributed by atoms with Gasteiger partial charge in [-0.25, -0.2) is 0 Å². The van der Waals surface area contributed by atoms with Gasteiger partial charge in [0.2, 0.25) is 5.91 Å². The van der Waals surface area contributed by atoms with Gasteiger partial charge in [0.25, 0.3) is 0 Å². The molecule has 0 saturated carbocycles. The van der Waals surface area contributed by atoms with Crippen molar-refractivity contribution in [2.75, 3.05) is 0 Å². The highest BCUT2D eigenvalue weighted by molar-refractivity contribution is 5.82. The predicted molar refractivity (Wildman–Crippen MR) is 49.5 cm³/mol. The molecule has 1 fully saturated rings. The molecule has 2 nitrogen and oxygen atoms in total. The maximum absolute atomic E-state index is 11.8. The Bertz CT molecular complexity index is 310. The zero-order valence-electron chi connectivity index (χ0n) is 10.8. The van der Waals surface area contributed by atoms with Crippen molar-refractivity contribution in [3.05, 3.63) is 12.3 Å². The van der Waals surface area contributed by atoms with E-state index in [4.69, 9.17) is 4.11 Å². The number of piperidine rings is 1. The summed E-state index contributed by atoms with van der Waals surface area (Å²) in [7, 11) is 0. The number of nitrogens with one attached hydrogen (secondary N) is 1. The third-order valence-electron chi connectivity index (χ3n) is 1.78. The van der Waals surface area contributed by atoms with Crippen LogP contribution in [-0.2, 0) is 4.79 Å². The molecule has 0 aliphatic carbocycles. The molecule has 3 unspecified atom stereocenters. The van der Waals surface area contributed by atoms with Crippen LogP contribution in [0.3, 0.4) is 0 Å². The van der Waals surface area contributed by atoms with Gasteiger partial charge in [-0.1, -0.05) is 27.4 Å². The minimum Gasteiger partial charge on any atom is -0.330 e. The fourth-order valence-electron chi connectivity index (χ4n) is 1.11. The lowest BCUT2D eigenvalue weighted by molar-refractivity contribution is -0.129. The Labute approximate surface area is 78.3 Å². The SMILES string of the molecule is [2H]C1C(=C)NC(=O)C([2H])(C(C)(C)C)C1[2H]. The molecular formula is C10H17NO. The van der Waals surface area contributed by atoms with Gasteiger partial charge in [0.05, 0.1) is 0 Å². The summed E-state index contributed by atoms with van der Waals surface area (Å²) in [6.45, 7) is 8.73. The van der Waals surface area contributed by atoms with Crippen molar-refractivity contribution in [1.82, 2.24) is 5.32 Å². The van der Waals surface area contributed by atoms with Gasteiger partial charge < -0.3 is 5.32 Å². The molecule has 1 amide bonds. The summed E-state index contributed by atoms with van der Waals surface area (Å²) < 4.78 is 23.7.